The molecule has 3 aromatic rings. The fourth-order valence-corrected chi connectivity index (χ4v) is 2.01. The number of H-pyrrole nitrogens is 3. The van der Waals surface area contributed by atoms with Crippen molar-refractivity contribution in [3.05, 3.63) is 59.2 Å². The summed E-state index contributed by atoms with van der Waals surface area (Å²) in [5.41, 5.74) is -2.36. The molecule has 0 aliphatic carbocycles. The Morgan fingerprint density at radius 3 is 2.45 bits per heavy atom. The zero-order chi connectivity index (χ0) is 14.4. The van der Waals surface area contributed by atoms with Crippen LogP contribution in [-0.4, -0.2) is 20.1 Å². The number of pyridine rings is 1. The van der Waals surface area contributed by atoms with Crippen molar-refractivity contribution < 1.29 is 4.92 Å². The monoisotopic (exact) mass is 274 g/mol. The first-order valence-electron chi connectivity index (χ1n) is 5.44. The van der Waals surface area contributed by atoms with E-state index in [-0.39, 0.29) is 27.5 Å². The second kappa shape index (κ2) is 3.88. The molecule has 9 heteroatoms. The smallest absolute Gasteiger partial charge is 0.287 e. The molecule has 20 heavy (non-hydrogen) atoms. The third kappa shape index (κ3) is 1.53. The van der Waals surface area contributed by atoms with Crippen molar-refractivity contribution >= 4 is 27.5 Å². The number of aromatic nitrogens is 3. The molecule has 0 atom stereocenters. The van der Waals surface area contributed by atoms with Gasteiger partial charge in [-0.25, -0.2) is 0 Å². The summed E-state index contributed by atoms with van der Waals surface area (Å²) in [6, 6.07) is 3.58. The Balaban J connectivity index is 2.62. The normalized spacial score (nSPS) is 11.0. The van der Waals surface area contributed by atoms with Crippen molar-refractivity contribution in [2.75, 3.05) is 0 Å². The molecule has 3 N–H and O–H groups in total. The van der Waals surface area contributed by atoms with Gasteiger partial charge >= 0.3 is 0 Å². The maximum atomic E-state index is 12.2. The van der Waals surface area contributed by atoms with Gasteiger partial charge in [0.1, 0.15) is 10.9 Å². The molecule has 9 nitrogen and oxygen atoms in total. The van der Waals surface area contributed by atoms with Crippen molar-refractivity contribution in [1.82, 2.24) is 15.2 Å². The highest BCUT2D eigenvalue weighted by Gasteiger charge is 2.14. The van der Waals surface area contributed by atoms with Gasteiger partial charge < -0.3 is 4.98 Å². The molecule has 0 radical (unpaired) electrons. The summed E-state index contributed by atoms with van der Waals surface area (Å²) in [5.74, 6) is 0. The lowest BCUT2D eigenvalue weighted by atomic mass is 10.1. The number of benzene rings is 1. The van der Waals surface area contributed by atoms with Crippen LogP contribution in [0.25, 0.3) is 21.8 Å². The molecule has 2 heterocycles. The van der Waals surface area contributed by atoms with Crippen molar-refractivity contribution in [3.8, 4) is 0 Å². The SMILES string of the molecule is O=c1[nH][nH]c(=O)c2c(=O)c3cc([N+](=O)[O-])ccc3[nH]c12. The van der Waals surface area contributed by atoms with Crippen LogP contribution in [0.1, 0.15) is 0 Å². The lowest BCUT2D eigenvalue weighted by Gasteiger charge is -2.01. The van der Waals surface area contributed by atoms with E-state index < -0.39 is 21.5 Å². The molecule has 0 aliphatic heterocycles. The highest BCUT2D eigenvalue weighted by Crippen LogP contribution is 2.17. The second-order valence-corrected chi connectivity index (χ2v) is 4.10. The van der Waals surface area contributed by atoms with E-state index in [9.17, 15) is 24.5 Å². The van der Waals surface area contributed by atoms with E-state index in [1.165, 1.54) is 12.1 Å². The first-order chi connectivity index (χ1) is 9.49. The Bertz CT molecular complexity index is 1040. The molecule has 0 bridgehead atoms. The minimum absolute atomic E-state index is 0.0252. The van der Waals surface area contributed by atoms with Crippen LogP contribution < -0.4 is 16.5 Å². The molecule has 0 fully saturated rings. The number of fused-ring (bicyclic) bond motifs is 2. The van der Waals surface area contributed by atoms with Crippen LogP contribution in [0.5, 0.6) is 0 Å². The van der Waals surface area contributed by atoms with E-state index in [1.54, 1.807) is 0 Å². The predicted octanol–water partition coefficient (Wildman–Crippen LogP) is -0.0339. The lowest BCUT2D eigenvalue weighted by molar-refractivity contribution is -0.384. The molecule has 0 aliphatic rings. The molecule has 2 aromatic heterocycles. The Hall–Kier alpha value is -3.23. The number of nitrogens with zero attached hydrogens (tertiary/aromatic N) is 1. The van der Waals surface area contributed by atoms with E-state index in [1.807, 2.05) is 5.10 Å². The third-order valence-electron chi connectivity index (χ3n) is 2.94. The summed E-state index contributed by atoms with van der Waals surface area (Å²) in [6.45, 7) is 0. The van der Waals surface area contributed by atoms with E-state index >= 15 is 0 Å². The van der Waals surface area contributed by atoms with Gasteiger partial charge in [0.15, 0.2) is 0 Å². The number of nitro benzene ring substituents is 1. The van der Waals surface area contributed by atoms with Crippen LogP contribution in [0.2, 0.25) is 0 Å². The van der Waals surface area contributed by atoms with Crippen LogP contribution in [-0.2, 0) is 0 Å². The zero-order valence-electron chi connectivity index (χ0n) is 9.72. The molecule has 3 rings (SSSR count). The van der Waals surface area contributed by atoms with Gasteiger partial charge in [0.2, 0.25) is 5.43 Å². The van der Waals surface area contributed by atoms with E-state index in [4.69, 9.17) is 0 Å². The van der Waals surface area contributed by atoms with Gasteiger partial charge in [-0.3, -0.25) is 34.7 Å². The van der Waals surface area contributed by atoms with Crippen LogP contribution in [0.3, 0.4) is 0 Å². The second-order valence-electron chi connectivity index (χ2n) is 4.10. The molecule has 0 saturated heterocycles. The number of hydrogen-bond donors (Lipinski definition) is 3. The topological polar surface area (TPSA) is 142 Å². The standard InChI is InChI=1S/C11H6N4O5/c16-9-5-3-4(15(19)20)1-2-6(5)12-8-7(9)10(17)13-14-11(8)18/h1-3H,(H,12,16)(H,13,17)(H,14,18). The van der Waals surface area contributed by atoms with Crippen LogP contribution in [0, 0.1) is 10.1 Å². The van der Waals surface area contributed by atoms with E-state index in [0.717, 1.165) is 6.07 Å². The molecule has 100 valence electrons. The number of nitrogens with one attached hydrogen (secondary N) is 3. The molecule has 1 aromatic carbocycles. The number of aromatic amines is 3. The summed E-state index contributed by atoms with van der Waals surface area (Å²) in [4.78, 5) is 48.2. The average molecular weight is 274 g/mol. The minimum atomic E-state index is -0.769. The fourth-order valence-electron chi connectivity index (χ4n) is 2.01. The van der Waals surface area contributed by atoms with Gasteiger partial charge in [0.25, 0.3) is 16.8 Å². The fraction of sp³-hybridized carbons (Fsp3) is 0. The Kier molecular flexibility index (Phi) is 2.30. The van der Waals surface area contributed by atoms with Gasteiger partial charge in [-0.1, -0.05) is 0 Å². The lowest BCUT2D eigenvalue weighted by Crippen LogP contribution is -2.25. The quantitative estimate of drug-likeness (QED) is 0.324. The van der Waals surface area contributed by atoms with Gasteiger partial charge in [-0.2, -0.15) is 0 Å². The van der Waals surface area contributed by atoms with Crippen molar-refractivity contribution in [2.24, 2.45) is 0 Å². The third-order valence-corrected chi connectivity index (χ3v) is 2.94. The molecule has 0 amide bonds. The van der Waals surface area contributed by atoms with E-state index in [0.29, 0.717) is 0 Å². The number of hydrogen-bond acceptors (Lipinski definition) is 5. The minimum Gasteiger partial charge on any atom is -0.350 e. The van der Waals surface area contributed by atoms with Gasteiger partial charge in [-0.05, 0) is 6.07 Å². The molecule has 0 spiro atoms. The Labute approximate surface area is 108 Å². The van der Waals surface area contributed by atoms with Crippen molar-refractivity contribution in [3.63, 3.8) is 0 Å². The average Bonchev–Trinajstić information content (AvgIpc) is 2.42. The van der Waals surface area contributed by atoms with Gasteiger partial charge in [-0.15, -0.1) is 0 Å². The summed E-state index contributed by atoms with van der Waals surface area (Å²) in [7, 11) is 0. The largest absolute Gasteiger partial charge is 0.350 e. The Morgan fingerprint density at radius 1 is 1.05 bits per heavy atom. The first-order valence-corrected chi connectivity index (χ1v) is 5.44. The van der Waals surface area contributed by atoms with Crippen molar-refractivity contribution in [2.45, 2.75) is 0 Å². The molecular formula is C11H6N4O5. The van der Waals surface area contributed by atoms with Gasteiger partial charge in [0.05, 0.1) is 15.8 Å². The van der Waals surface area contributed by atoms with Crippen LogP contribution in [0.15, 0.2) is 32.6 Å². The Morgan fingerprint density at radius 2 is 1.75 bits per heavy atom. The molecule has 0 saturated carbocycles. The summed E-state index contributed by atoms with van der Waals surface area (Å²) >= 11 is 0. The van der Waals surface area contributed by atoms with Crippen LogP contribution >= 0.6 is 0 Å². The summed E-state index contributed by atoms with van der Waals surface area (Å²) in [5, 5.41) is 14.5. The van der Waals surface area contributed by atoms with Crippen molar-refractivity contribution in [1.29, 1.82) is 0 Å². The highest BCUT2D eigenvalue weighted by molar-refractivity contribution is 5.92. The number of non-ortho nitro benzene ring substituents is 1. The van der Waals surface area contributed by atoms with Gasteiger partial charge in [0, 0.05) is 12.1 Å². The molecule has 0 unspecified atom stereocenters. The number of nitro groups is 1. The first kappa shape index (κ1) is 11.8. The summed E-state index contributed by atoms with van der Waals surface area (Å²) < 4.78 is 0. The summed E-state index contributed by atoms with van der Waals surface area (Å²) in [6.07, 6.45) is 0. The highest BCUT2D eigenvalue weighted by atomic mass is 16.6. The van der Waals surface area contributed by atoms with E-state index in [2.05, 4.69) is 10.1 Å². The zero-order valence-corrected chi connectivity index (χ0v) is 9.72. The maximum Gasteiger partial charge on any atom is 0.287 e. The van der Waals surface area contributed by atoms with Crippen LogP contribution in [0.4, 0.5) is 5.69 Å². The molecular weight excluding hydrogens is 268 g/mol. The predicted molar refractivity (Wildman–Crippen MR) is 70.0 cm³/mol. The number of rotatable bonds is 1. The maximum absolute atomic E-state index is 12.2.